The van der Waals surface area contributed by atoms with Crippen molar-refractivity contribution in [2.75, 3.05) is 18.6 Å². The molecule has 0 aromatic heterocycles. The van der Waals surface area contributed by atoms with Crippen molar-refractivity contribution in [3.8, 4) is 5.75 Å². The third-order valence-electron chi connectivity index (χ3n) is 7.58. The summed E-state index contributed by atoms with van der Waals surface area (Å²) in [5, 5.41) is 15.7. The summed E-state index contributed by atoms with van der Waals surface area (Å²) in [6.45, 7) is 3.81. The van der Waals surface area contributed by atoms with E-state index in [1.54, 1.807) is 25.3 Å². The third kappa shape index (κ3) is 4.80. The Hall–Kier alpha value is -4.38. The van der Waals surface area contributed by atoms with Crippen LogP contribution in [0.2, 0.25) is 0 Å². The molecule has 6 rings (SSSR count). The minimum Gasteiger partial charge on any atom is -0.497 e. The lowest BCUT2D eigenvalue weighted by atomic mass is 9.95. The number of imide groups is 1. The highest BCUT2D eigenvalue weighted by Crippen LogP contribution is 2.36. The molecule has 0 spiro atoms. The normalized spacial score (nSPS) is 21.5. The fourth-order valence-corrected chi connectivity index (χ4v) is 5.95. The summed E-state index contributed by atoms with van der Waals surface area (Å²) < 4.78 is 6.05. The second-order valence-corrected chi connectivity index (χ2v) is 11.2. The van der Waals surface area contributed by atoms with Gasteiger partial charge in [-0.1, -0.05) is 63.1 Å². The van der Waals surface area contributed by atoms with E-state index in [9.17, 15) is 14.4 Å². The number of fused-ring (bicyclic) bond motifs is 1. The number of carbonyl (C=O) groups is 3. The maximum Gasteiger partial charge on any atom is 0.264 e. The molecule has 3 aromatic carbocycles. The van der Waals surface area contributed by atoms with Gasteiger partial charge in [-0.3, -0.25) is 19.4 Å². The topological polar surface area (TPSA) is 107 Å². The monoisotopic (exact) mass is 614 g/mol. The van der Waals surface area contributed by atoms with E-state index < -0.39 is 23.9 Å². The van der Waals surface area contributed by atoms with E-state index in [-0.39, 0.29) is 18.5 Å². The highest BCUT2D eigenvalue weighted by molar-refractivity contribution is 9.10. The van der Waals surface area contributed by atoms with Gasteiger partial charge >= 0.3 is 0 Å². The number of hydrogen-bond acceptors (Lipinski definition) is 8. The molecule has 0 saturated carbocycles. The van der Waals surface area contributed by atoms with Crippen molar-refractivity contribution in [1.82, 2.24) is 10.0 Å². The molecule has 3 amide bonds. The molecule has 41 heavy (non-hydrogen) atoms. The molecule has 3 aromatic rings. The largest absolute Gasteiger partial charge is 0.497 e. The highest BCUT2D eigenvalue weighted by atomic mass is 79.9. The van der Waals surface area contributed by atoms with E-state index >= 15 is 0 Å². The van der Waals surface area contributed by atoms with Crippen LogP contribution >= 0.6 is 15.9 Å². The summed E-state index contributed by atoms with van der Waals surface area (Å²) in [5.41, 5.74) is 5.33. The number of hydrogen-bond donors (Lipinski definition) is 0. The average Bonchev–Trinajstić information content (AvgIpc) is 3.64. The molecule has 0 aliphatic carbocycles. The molecule has 0 unspecified atom stereocenters. The first-order valence-corrected chi connectivity index (χ1v) is 14.0. The summed E-state index contributed by atoms with van der Waals surface area (Å²) in [7, 11) is 1.60. The maximum atomic E-state index is 13.8. The van der Waals surface area contributed by atoms with Crippen molar-refractivity contribution in [3.63, 3.8) is 0 Å². The second kappa shape index (κ2) is 10.5. The number of hydrazone groups is 1. The minimum absolute atomic E-state index is 0.258. The summed E-state index contributed by atoms with van der Waals surface area (Å²) in [5.74, 6) is -0.581. The lowest BCUT2D eigenvalue weighted by Gasteiger charge is -2.25. The van der Waals surface area contributed by atoms with Crippen molar-refractivity contribution in [3.05, 3.63) is 93.5 Å². The quantitative estimate of drug-likeness (QED) is 0.373. The van der Waals surface area contributed by atoms with Crippen molar-refractivity contribution in [2.24, 2.45) is 15.4 Å². The standard InChI is InChI=1S/C30H27BrN6O4/c1-17-7-12-23(18(2)13-17)24-15-25(19-8-10-22(41-3)11-9-19)37(33-24)26(38)16-35-28-27(32-34-35)29(39)36(30(28)40)21-6-4-5-20(31)14-21/h4-14,25,27-28H,15-16H2,1-3H3/t25-,27+,28-/m0/s1. The molecule has 3 aliphatic rings. The van der Waals surface area contributed by atoms with Crippen LogP contribution in [0.15, 0.2) is 86.6 Å². The number of nitrogens with zero attached hydrogens (tertiary/aromatic N) is 6. The number of aryl methyl sites for hydroxylation is 2. The van der Waals surface area contributed by atoms with Crippen LogP contribution in [0.1, 0.15) is 34.7 Å². The van der Waals surface area contributed by atoms with Gasteiger partial charge in [-0.15, -0.1) is 0 Å². The maximum absolute atomic E-state index is 13.8. The Morgan fingerprint density at radius 2 is 1.80 bits per heavy atom. The fourth-order valence-electron chi connectivity index (χ4n) is 5.56. The molecule has 3 heterocycles. The Labute approximate surface area is 245 Å². The number of methoxy groups -OCH3 is 1. The van der Waals surface area contributed by atoms with Crippen LogP contribution in [0.3, 0.4) is 0 Å². The molecule has 0 radical (unpaired) electrons. The first kappa shape index (κ1) is 26.8. The molecular formula is C30H27BrN6O4. The van der Waals surface area contributed by atoms with Crippen molar-refractivity contribution < 1.29 is 19.1 Å². The second-order valence-electron chi connectivity index (χ2n) is 10.3. The van der Waals surface area contributed by atoms with E-state index in [1.807, 2.05) is 56.3 Å². The summed E-state index contributed by atoms with van der Waals surface area (Å²) >= 11 is 3.38. The van der Waals surface area contributed by atoms with E-state index in [1.165, 1.54) is 10.0 Å². The number of anilines is 1. The van der Waals surface area contributed by atoms with Crippen LogP contribution in [-0.2, 0) is 14.4 Å². The zero-order valence-electron chi connectivity index (χ0n) is 22.7. The fraction of sp³-hybridized carbons (Fsp3) is 0.267. The van der Waals surface area contributed by atoms with Crippen LogP contribution in [0.5, 0.6) is 5.75 Å². The van der Waals surface area contributed by atoms with E-state index in [0.29, 0.717) is 17.9 Å². The minimum atomic E-state index is -1.00. The SMILES string of the molecule is COc1ccc([C@@H]2CC(c3ccc(C)cc3C)=NN2C(=O)CN2N=N[C@H]3C(=O)N(c4cccc(Br)c4)C(=O)[C@H]32)cc1. The zero-order valence-corrected chi connectivity index (χ0v) is 24.3. The van der Waals surface area contributed by atoms with Gasteiger partial charge in [-0.2, -0.15) is 10.2 Å². The van der Waals surface area contributed by atoms with Crippen LogP contribution in [0.4, 0.5) is 5.69 Å². The Morgan fingerprint density at radius 3 is 2.51 bits per heavy atom. The number of ether oxygens (including phenoxy) is 1. The number of rotatable bonds is 6. The van der Waals surface area contributed by atoms with Gasteiger partial charge in [-0.05, 0) is 55.3 Å². The highest BCUT2D eigenvalue weighted by Gasteiger charge is 2.55. The first-order chi connectivity index (χ1) is 19.7. The van der Waals surface area contributed by atoms with E-state index in [4.69, 9.17) is 9.84 Å². The van der Waals surface area contributed by atoms with E-state index in [0.717, 1.165) is 37.3 Å². The van der Waals surface area contributed by atoms with Crippen molar-refractivity contribution >= 4 is 45.1 Å². The number of benzene rings is 3. The predicted octanol–water partition coefficient (Wildman–Crippen LogP) is 4.75. The summed E-state index contributed by atoms with van der Waals surface area (Å²) in [4.78, 5) is 41.5. The van der Waals surface area contributed by atoms with Crippen LogP contribution in [0.25, 0.3) is 0 Å². The van der Waals surface area contributed by atoms with Gasteiger partial charge < -0.3 is 4.74 Å². The smallest absolute Gasteiger partial charge is 0.264 e. The number of carbonyl (C=O) groups excluding carboxylic acids is 3. The van der Waals surface area contributed by atoms with Gasteiger partial charge in [0, 0.05) is 16.5 Å². The molecule has 1 fully saturated rings. The van der Waals surface area contributed by atoms with Gasteiger partial charge in [0.05, 0.1) is 24.6 Å². The molecule has 3 atom stereocenters. The third-order valence-corrected chi connectivity index (χ3v) is 8.07. The van der Waals surface area contributed by atoms with Gasteiger partial charge in [0.15, 0.2) is 12.1 Å². The van der Waals surface area contributed by atoms with Gasteiger partial charge in [0.2, 0.25) is 0 Å². The Morgan fingerprint density at radius 1 is 1.02 bits per heavy atom. The molecule has 0 N–H and O–H groups in total. The average molecular weight is 615 g/mol. The zero-order chi connectivity index (χ0) is 28.8. The van der Waals surface area contributed by atoms with Gasteiger partial charge in [-0.25, -0.2) is 9.91 Å². The Bertz CT molecular complexity index is 1620. The lowest BCUT2D eigenvalue weighted by molar-refractivity contribution is -0.135. The molecule has 208 valence electrons. The molecule has 0 bridgehead atoms. The predicted molar refractivity (Wildman–Crippen MR) is 155 cm³/mol. The van der Waals surface area contributed by atoms with E-state index in [2.05, 4.69) is 32.3 Å². The Balaban J connectivity index is 1.28. The van der Waals surface area contributed by atoms with Crippen molar-refractivity contribution in [2.45, 2.75) is 38.4 Å². The van der Waals surface area contributed by atoms with Crippen LogP contribution in [0, 0.1) is 13.8 Å². The van der Waals surface area contributed by atoms with Gasteiger partial charge in [0.1, 0.15) is 12.3 Å². The molecule has 10 nitrogen and oxygen atoms in total. The summed E-state index contributed by atoms with van der Waals surface area (Å²) in [6, 6.07) is 18.3. The number of amides is 3. The Kier molecular flexibility index (Phi) is 6.90. The van der Waals surface area contributed by atoms with Crippen LogP contribution in [-0.4, -0.2) is 59.2 Å². The van der Waals surface area contributed by atoms with Gasteiger partial charge in [0.25, 0.3) is 17.7 Å². The molecular weight excluding hydrogens is 588 g/mol. The molecule has 1 saturated heterocycles. The molecule has 11 heteroatoms. The summed E-state index contributed by atoms with van der Waals surface area (Å²) in [6.07, 6.45) is 0.517. The number of halogens is 1. The van der Waals surface area contributed by atoms with Crippen LogP contribution < -0.4 is 9.64 Å². The first-order valence-electron chi connectivity index (χ1n) is 13.2. The molecule has 3 aliphatic heterocycles. The van der Waals surface area contributed by atoms with Crippen molar-refractivity contribution in [1.29, 1.82) is 0 Å². The lowest BCUT2D eigenvalue weighted by Crippen LogP contribution is -2.44.